The van der Waals surface area contributed by atoms with E-state index in [1.54, 1.807) is 31.2 Å². The lowest BCUT2D eigenvalue weighted by Crippen LogP contribution is -2.27. The van der Waals surface area contributed by atoms with Crippen molar-refractivity contribution in [2.75, 3.05) is 13.1 Å². The summed E-state index contributed by atoms with van der Waals surface area (Å²) < 4.78 is 27.5. The van der Waals surface area contributed by atoms with Crippen molar-refractivity contribution in [3.05, 3.63) is 71.5 Å². The monoisotopic (exact) mass is 425 g/mol. The first-order valence-electron chi connectivity index (χ1n) is 9.89. The smallest absolute Gasteiger partial charge is 0.253 e. The van der Waals surface area contributed by atoms with E-state index < -0.39 is 15.1 Å². The van der Waals surface area contributed by atoms with E-state index in [1.165, 1.54) is 4.68 Å². The largest absolute Gasteiger partial charge is 0.339 e. The summed E-state index contributed by atoms with van der Waals surface area (Å²) in [5, 5.41) is 10.7. The average Bonchev–Trinajstić information content (AvgIpc) is 3.46. The van der Waals surface area contributed by atoms with Crippen LogP contribution >= 0.6 is 0 Å². The van der Waals surface area contributed by atoms with Gasteiger partial charge in [-0.05, 0) is 60.0 Å². The fourth-order valence-electron chi connectivity index (χ4n) is 3.56. The second-order valence-corrected chi connectivity index (χ2v) is 9.75. The standard InChI is InChI=1S/C21H23N5O3S/c1-16(20-22-23-24-26(20)19-7-3-2-4-8-19)30(28,29)15-17-9-11-18(12-10-17)21(27)25-13-5-6-14-25/h2-4,7-12,16H,5-6,13-15H2,1H3/t16-/m1/s1. The van der Waals surface area contributed by atoms with E-state index in [0.29, 0.717) is 16.8 Å². The second kappa shape index (κ2) is 8.35. The zero-order valence-corrected chi connectivity index (χ0v) is 17.5. The maximum Gasteiger partial charge on any atom is 0.253 e. The number of carbonyl (C=O) groups is 1. The molecule has 1 aliphatic rings. The molecule has 0 aliphatic carbocycles. The highest BCUT2D eigenvalue weighted by Gasteiger charge is 2.29. The van der Waals surface area contributed by atoms with Crippen molar-refractivity contribution in [3.8, 4) is 5.69 Å². The summed E-state index contributed by atoms with van der Waals surface area (Å²) in [4.78, 5) is 14.3. The van der Waals surface area contributed by atoms with E-state index in [9.17, 15) is 13.2 Å². The molecule has 9 heteroatoms. The molecule has 8 nitrogen and oxygen atoms in total. The molecule has 1 amide bonds. The van der Waals surface area contributed by atoms with Crippen molar-refractivity contribution < 1.29 is 13.2 Å². The molecule has 0 radical (unpaired) electrons. The van der Waals surface area contributed by atoms with Crippen molar-refractivity contribution in [1.29, 1.82) is 0 Å². The highest BCUT2D eigenvalue weighted by atomic mass is 32.2. The van der Waals surface area contributed by atoms with Gasteiger partial charge in [-0.1, -0.05) is 30.3 Å². The Morgan fingerprint density at radius 2 is 1.70 bits per heavy atom. The summed E-state index contributed by atoms with van der Waals surface area (Å²) in [5.74, 6) is 0.105. The van der Waals surface area contributed by atoms with E-state index in [0.717, 1.165) is 25.9 Å². The Morgan fingerprint density at radius 3 is 2.37 bits per heavy atom. The molecule has 0 saturated carbocycles. The van der Waals surface area contributed by atoms with E-state index >= 15 is 0 Å². The Hall–Kier alpha value is -3.07. The predicted octanol–water partition coefficient (Wildman–Crippen LogP) is 2.57. The Bertz CT molecular complexity index is 1120. The third-order valence-corrected chi connectivity index (χ3v) is 7.38. The maximum absolute atomic E-state index is 13.0. The summed E-state index contributed by atoms with van der Waals surface area (Å²) in [6.07, 6.45) is 2.06. The Labute approximate surface area is 175 Å². The fraction of sp³-hybridized carbons (Fsp3) is 0.333. The molecule has 0 bridgehead atoms. The van der Waals surface area contributed by atoms with Gasteiger partial charge in [-0.3, -0.25) is 4.79 Å². The van der Waals surface area contributed by atoms with Gasteiger partial charge in [0.2, 0.25) is 0 Å². The lowest BCUT2D eigenvalue weighted by atomic mass is 10.1. The second-order valence-electron chi connectivity index (χ2n) is 7.43. The number of aromatic nitrogens is 4. The van der Waals surface area contributed by atoms with Crippen molar-refractivity contribution in [3.63, 3.8) is 0 Å². The number of nitrogens with zero attached hydrogens (tertiary/aromatic N) is 5. The van der Waals surface area contributed by atoms with Gasteiger partial charge < -0.3 is 4.90 Å². The summed E-state index contributed by atoms with van der Waals surface area (Å²) >= 11 is 0. The molecule has 2 heterocycles. The third kappa shape index (κ3) is 4.11. The molecular weight excluding hydrogens is 402 g/mol. The number of amides is 1. The minimum atomic E-state index is -3.57. The number of para-hydroxylation sites is 1. The van der Waals surface area contributed by atoms with Gasteiger partial charge in [-0.25, -0.2) is 8.42 Å². The van der Waals surface area contributed by atoms with Gasteiger partial charge in [-0.15, -0.1) is 5.10 Å². The zero-order valence-electron chi connectivity index (χ0n) is 16.7. The van der Waals surface area contributed by atoms with Crippen LogP contribution in [0, 0.1) is 0 Å². The molecular formula is C21H23N5O3S. The molecule has 1 saturated heterocycles. The topological polar surface area (TPSA) is 98.0 Å². The van der Waals surface area contributed by atoms with Gasteiger partial charge in [0, 0.05) is 18.7 Å². The lowest BCUT2D eigenvalue weighted by molar-refractivity contribution is 0.0793. The van der Waals surface area contributed by atoms with Crippen LogP contribution in [0.4, 0.5) is 0 Å². The van der Waals surface area contributed by atoms with Crippen LogP contribution in [0.1, 0.15) is 46.8 Å². The van der Waals surface area contributed by atoms with Crippen LogP contribution < -0.4 is 0 Å². The van der Waals surface area contributed by atoms with Gasteiger partial charge in [0.05, 0.1) is 11.4 Å². The molecule has 0 unspecified atom stereocenters. The molecule has 0 spiro atoms. The molecule has 1 aliphatic heterocycles. The van der Waals surface area contributed by atoms with Crippen LogP contribution in [-0.4, -0.2) is 52.5 Å². The summed E-state index contributed by atoms with van der Waals surface area (Å²) in [6, 6.07) is 16.0. The van der Waals surface area contributed by atoms with Crippen LogP contribution in [0.15, 0.2) is 54.6 Å². The molecule has 30 heavy (non-hydrogen) atoms. The van der Waals surface area contributed by atoms with Gasteiger partial charge in [-0.2, -0.15) is 4.68 Å². The molecule has 1 fully saturated rings. The predicted molar refractivity (Wildman–Crippen MR) is 112 cm³/mol. The number of hydrogen-bond donors (Lipinski definition) is 0. The quantitative estimate of drug-likeness (QED) is 0.602. The van der Waals surface area contributed by atoms with Crippen molar-refractivity contribution in [2.24, 2.45) is 0 Å². The molecule has 0 N–H and O–H groups in total. The Kier molecular flexibility index (Phi) is 5.63. The van der Waals surface area contributed by atoms with E-state index in [2.05, 4.69) is 15.5 Å². The summed E-state index contributed by atoms with van der Waals surface area (Å²) in [6.45, 7) is 3.15. The number of sulfone groups is 1. The number of benzene rings is 2. The molecule has 1 aromatic heterocycles. The molecule has 4 rings (SSSR count). The molecule has 156 valence electrons. The number of carbonyl (C=O) groups excluding carboxylic acids is 1. The lowest BCUT2D eigenvalue weighted by Gasteiger charge is -2.16. The third-order valence-electron chi connectivity index (χ3n) is 5.36. The van der Waals surface area contributed by atoms with Gasteiger partial charge in [0.25, 0.3) is 5.91 Å². The number of likely N-dealkylation sites (tertiary alicyclic amines) is 1. The number of tetrazole rings is 1. The van der Waals surface area contributed by atoms with Crippen molar-refractivity contribution in [2.45, 2.75) is 30.8 Å². The highest BCUT2D eigenvalue weighted by Crippen LogP contribution is 2.25. The molecule has 2 aromatic carbocycles. The van der Waals surface area contributed by atoms with Crippen LogP contribution in [-0.2, 0) is 15.6 Å². The van der Waals surface area contributed by atoms with Gasteiger partial charge in [0.1, 0.15) is 5.25 Å². The SMILES string of the molecule is C[C@H](c1nnnn1-c1ccccc1)S(=O)(=O)Cc1ccc(C(=O)N2CCCC2)cc1. The number of rotatable bonds is 6. The van der Waals surface area contributed by atoms with E-state index in [4.69, 9.17) is 0 Å². The maximum atomic E-state index is 13.0. The van der Waals surface area contributed by atoms with Crippen LogP contribution in [0.5, 0.6) is 0 Å². The Morgan fingerprint density at radius 1 is 1.03 bits per heavy atom. The Balaban J connectivity index is 1.51. The average molecular weight is 426 g/mol. The van der Waals surface area contributed by atoms with Gasteiger partial charge >= 0.3 is 0 Å². The summed E-state index contributed by atoms with van der Waals surface area (Å²) in [5.41, 5.74) is 1.90. The fourth-order valence-corrected chi connectivity index (χ4v) is 4.94. The minimum absolute atomic E-state index is 0.00249. The normalized spacial score (nSPS) is 15.3. The first-order chi connectivity index (χ1) is 14.5. The number of hydrogen-bond acceptors (Lipinski definition) is 6. The first kappa shape index (κ1) is 20.2. The van der Waals surface area contributed by atoms with Crippen LogP contribution in [0.2, 0.25) is 0 Å². The molecule has 1 atom stereocenters. The van der Waals surface area contributed by atoms with Crippen molar-refractivity contribution >= 4 is 15.7 Å². The summed E-state index contributed by atoms with van der Waals surface area (Å²) in [7, 11) is -3.57. The zero-order chi connectivity index (χ0) is 21.1. The van der Waals surface area contributed by atoms with E-state index in [-0.39, 0.29) is 17.5 Å². The first-order valence-corrected chi connectivity index (χ1v) is 11.6. The van der Waals surface area contributed by atoms with Crippen molar-refractivity contribution in [1.82, 2.24) is 25.1 Å². The molecule has 3 aromatic rings. The van der Waals surface area contributed by atoms with E-state index in [1.807, 2.05) is 35.2 Å². The van der Waals surface area contributed by atoms with Crippen LogP contribution in [0.25, 0.3) is 5.69 Å². The van der Waals surface area contributed by atoms with Crippen LogP contribution in [0.3, 0.4) is 0 Å². The van der Waals surface area contributed by atoms with Gasteiger partial charge in [0.15, 0.2) is 15.7 Å². The highest BCUT2D eigenvalue weighted by molar-refractivity contribution is 7.90. The minimum Gasteiger partial charge on any atom is -0.339 e.